The molecule has 8 bridgehead atoms. The summed E-state index contributed by atoms with van der Waals surface area (Å²) in [4.78, 5) is 71.6. The Bertz CT molecular complexity index is 4390. The first-order valence-electron chi connectivity index (χ1n) is 20.5. The van der Waals surface area contributed by atoms with Gasteiger partial charge in [0.15, 0.2) is 23.3 Å². The molecule has 18 nitrogen and oxygen atoms in total. The first kappa shape index (κ1) is 37.4. The normalized spacial score (nSPS) is 11.9. The molecule has 0 aliphatic carbocycles. The molecule has 2 aliphatic rings. The van der Waals surface area contributed by atoms with Gasteiger partial charge in [-0.25, -0.2) is 29.9 Å². The van der Waals surface area contributed by atoms with Crippen LogP contribution >= 0.6 is 0 Å². The van der Waals surface area contributed by atoms with E-state index in [1.807, 2.05) is 36.4 Å². The van der Waals surface area contributed by atoms with Crippen LogP contribution in [0.5, 0.6) is 0 Å². The predicted molar refractivity (Wildman–Crippen MR) is 251 cm³/mol. The highest BCUT2D eigenvalue weighted by Gasteiger charge is 2.25. The number of hydrogen-bond acceptors (Lipinski definition) is 13. The summed E-state index contributed by atoms with van der Waals surface area (Å²) >= 11 is 0. The van der Waals surface area contributed by atoms with E-state index in [4.69, 9.17) is 29.9 Å². The molecule has 0 atom stereocenters. The van der Waals surface area contributed by atoms with E-state index >= 15 is 0 Å². The number of nitro benzene ring substituents is 3. The molecule has 67 heavy (non-hydrogen) atoms. The number of rotatable bonds is 3. The fourth-order valence-electron chi connectivity index (χ4n) is 9.14. The number of nitrogens with one attached hydrogen (secondary N) is 2. The number of benzene rings is 8. The van der Waals surface area contributed by atoms with Gasteiger partial charge < -0.3 is 9.97 Å². The van der Waals surface area contributed by atoms with Crippen molar-refractivity contribution in [2.24, 2.45) is 0 Å². The number of hydrogen-bond donors (Lipinski definition) is 2. The molecule has 0 fully saturated rings. The maximum absolute atomic E-state index is 11.9. The van der Waals surface area contributed by atoms with Crippen LogP contribution in [0.1, 0.15) is 5.56 Å². The number of non-ortho nitro benzene ring substituents is 3. The van der Waals surface area contributed by atoms with E-state index in [2.05, 4.69) is 16.0 Å². The Morgan fingerprint density at radius 3 is 1.03 bits per heavy atom. The Morgan fingerprint density at radius 1 is 0.373 bits per heavy atom. The van der Waals surface area contributed by atoms with Gasteiger partial charge in [-0.1, -0.05) is 6.07 Å². The van der Waals surface area contributed by atoms with Gasteiger partial charge in [0.25, 0.3) is 17.1 Å². The van der Waals surface area contributed by atoms with Crippen molar-refractivity contribution in [3.63, 3.8) is 0 Å². The molecule has 0 spiro atoms. The second kappa shape index (κ2) is 13.4. The maximum atomic E-state index is 11.9. The standard InChI is InChI=1S/C49H22N12O6/c50-21-22-1-2-23-13-34-38(17-27(23)9-22)46-51-42(34)53-47-40-19-29-11-32(60(64)65)7-4-25(29)15-36(40)44(55-47)57-49-41-20-30-12-33(61(66)67)8-5-26(30)16-37(41)45(58-49)56-48-39-18-28-10-31(59(62)63)6-3-24(28)14-35(39)43(52-46)54-48/h1-20H,(H2,51,52,53,54,55,56,57,58). The Kier molecular flexibility index (Phi) is 7.50. The number of nitriles is 1. The number of aromatic nitrogens is 8. The molecule has 0 saturated heterocycles. The Labute approximate surface area is 372 Å². The highest BCUT2D eigenvalue weighted by Crippen LogP contribution is 2.42. The zero-order chi connectivity index (χ0) is 45.4. The van der Waals surface area contributed by atoms with Crippen molar-refractivity contribution in [2.45, 2.75) is 0 Å². The summed E-state index contributed by atoms with van der Waals surface area (Å²) in [6, 6.07) is 36.2. The van der Waals surface area contributed by atoms with Gasteiger partial charge in [0, 0.05) is 80.2 Å². The van der Waals surface area contributed by atoms with Gasteiger partial charge >= 0.3 is 0 Å². The van der Waals surface area contributed by atoms with Crippen molar-refractivity contribution in [1.29, 1.82) is 5.26 Å². The van der Waals surface area contributed by atoms with Crippen LogP contribution in [0, 0.1) is 41.7 Å². The lowest BCUT2D eigenvalue weighted by Crippen LogP contribution is -1.89. The molecule has 8 aromatic carbocycles. The third-order valence-corrected chi connectivity index (χ3v) is 12.4. The minimum Gasteiger partial charge on any atom is -0.324 e. The predicted octanol–water partition coefficient (Wildman–Crippen LogP) is 11.1. The van der Waals surface area contributed by atoms with Crippen molar-refractivity contribution < 1.29 is 14.8 Å². The van der Waals surface area contributed by atoms with Crippen molar-refractivity contribution in [2.75, 3.05) is 0 Å². The fourth-order valence-corrected chi connectivity index (χ4v) is 9.14. The number of fused-ring (bicyclic) bond motifs is 24. The lowest BCUT2D eigenvalue weighted by molar-refractivity contribution is -0.384. The van der Waals surface area contributed by atoms with E-state index in [0.29, 0.717) is 104 Å². The quantitative estimate of drug-likeness (QED) is 0.124. The SMILES string of the molecule is N#Cc1ccc2cc3c4nc5nc(nc6[nH]c(nc7nc(nc([nH]4)c3cc2c1)-c1cc2ccc([N+](=O)[O-])cc2cc1-7)c1cc2ccc([N+](=O)[O-])cc2cc61)-c1cc2ccc([N+](=O)[O-])cc2cc1-5. The second-order valence-electron chi connectivity index (χ2n) is 16.2. The van der Waals surface area contributed by atoms with Gasteiger partial charge in [0.1, 0.15) is 22.6 Å². The smallest absolute Gasteiger partial charge is 0.270 e. The van der Waals surface area contributed by atoms with E-state index in [9.17, 15) is 35.6 Å². The zero-order valence-corrected chi connectivity index (χ0v) is 34.0. The molecule has 0 amide bonds. The lowest BCUT2D eigenvalue weighted by Gasteiger charge is -2.03. The van der Waals surface area contributed by atoms with Crippen molar-refractivity contribution >= 4 is 104 Å². The van der Waals surface area contributed by atoms with E-state index < -0.39 is 14.8 Å². The van der Waals surface area contributed by atoms with Gasteiger partial charge in [-0.15, -0.1) is 0 Å². The third-order valence-electron chi connectivity index (χ3n) is 12.4. The van der Waals surface area contributed by atoms with E-state index in [1.165, 1.54) is 36.4 Å². The molecule has 0 radical (unpaired) electrons. The van der Waals surface area contributed by atoms with Gasteiger partial charge in [-0.2, -0.15) is 5.26 Å². The molecule has 2 N–H and O–H groups in total. The summed E-state index contributed by atoms with van der Waals surface area (Å²) in [6.45, 7) is 0. The first-order valence-corrected chi connectivity index (χ1v) is 20.5. The second-order valence-corrected chi connectivity index (χ2v) is 16.2. The maximum Gasteiger partial charge on any atom is 0.270 e. The molecule has 3 aromatic heterocycles. The molecule has 11 aromatic rings. The monoisotopic (exact) mass is 874 g/mol. The molecule has 314 valence electrons. The molecule has 0 saturated carbocycles. The molecular formula is C49H22N12O6. The highest BCUT2D eigenvalue weighted by molar-refractivity contribution is 6.13. The van der Waals surface area contributed by atoms with Crippen LogP contribution < -0.4 is 0 Å². The van der Waals surface area contributed by atoms with Crippen molar-refractivity contribution in [3.8, 4) is 51.6 Å². The van der Waals surface area contributed by atoms with E-state index in [-0.39, 0.29) is 40.4 Å². The number of aromatic amines is 2. The van der Waals surface area contributed by atoms with Gasteiger partial charge in [0.05, 0.1) is 26.4 Å². The lowest BCUT2D eigenvalue weighted by atomic mass is 10.0. The summed E-state index contributed by atoms with van der Waals surface area (Å²) in [5.41, 5.74) is 3.96. The van der Waals surface area contributed by atoms with Crippen LogP contribution in [-0.2, 0) is 0 Å². The topological polar surface area (TPSA) is 262 Å². The summed E-state index contributed by atoms with van der Waals surface area (Å²) < 4.78 is 0. The van der Waals surface area contributed by atoms with Crippen LogP contribution in [-0.4, -0.2) is 54.6 Å². The molecule has 13 rings (SSSR count). The fraction of sp³-hybridized carbons (Fsp3) is 0. The first-order chi connectivity index (χ1) is 32.5. The van der Waals surface area contributed by atoms with Crippen molar-refractivity contribution in [3.05, 3.63) is 157 Å². The average molecular weight is 875 g/mol. The molecular weight excluding hydrogens is 853 g/mol. The Hall–Kier alpha value is -10.2. The minimum absolute atomic E-state index is 0.0825. The van der Waals surface area contributed by atoms with E-state index in [1.54, 1.807) is 48.5 Å². The number of nitro groups is 3. The van der Waals surface area contributed by atoms with Gasteiger partial charge in [-0.05, 0) is 122 Å². The molecule has 5 heterocycles. The van der Waals surface area contributed by atoms with Crippen LogP contribution in [0.25, 0.3) is 133 Å². The summed E-state index contributed by atoms with van der Waals surface area (Å²) in [5.74, 6) is 1.05. The van der Waals surface area contributed by atoms with Crippen LogP contribution in [0.2, 0.25) is 0 Å². The van der Waals surface area contributed by atoms with E-state index in [0.717, 1.165) is 10.8 Å². The number of H-pyrrole nitrogens is 2. The molecule has 18 heteroatoms. The summed E-state index contributed by atoms with van der Waals surface area (Å²) in [6.07, 6.45) is 0. The Morgan fingerprint density at radius 2 is 0.672 bits per heavy atom. The third kappa shape index (κ3) is 5.75. The van der Waals surface area contributed by atoms with Crippen molar-refractivity contribution in [1.82, 2.24) is 39.9 Å². The minimum atomic E-state index is -0.459. The largest absolute Gasteiger partial charge is 0.324 e. The zero-order valence-electron chi connectivity index (χ0n) is 34.0. The summed E-state index contributed by atoms with van der Waals surface area (Å²) in [7, 11) is 0. The van der Waals surface area contributed by atoms with Crippen LogP contribution in [0.4, 0.5) is 17.1 Å². The van der Waals surface area contributed by atoms with Gasteiger partial charge in [-0.3, -0.25) is 30.3 Å². The highest BCUT2D eigenvalue weighted by atomic mass is 16.6. The molecule has 2 aliphatic heterocycles. The number of nitrogens with zero attached hydrogens (tertiary/aromatic N) is 10. The average Bonchev–Trinajstić information content (AvgIpc) is 4.04. The summed E-state index contributed by atoms with van der Waals surface area (Å²) in [5, 5.41) is 53.3. The van der Waals surface area contributed by atoms with Crippen LogP contribution in [0.15, 0.2) is 121 Å². The van der Waals surface area contributed by atoms with Crippen LogP contribution in [0.3, 0.4) is 0 Å². The molecule has 0 unspecified atom stereocenters. The Balaban J connectivity index is 1.20. The van der Waals surface area contributed by atoms with Gasteiger partial charge in [0.2, 0.25) is 0 Å².